The highest BCUT2D eigenvalue weighted by Gasteiger charge is 2.25. The molecule has 0 aromatic carbocycles. The molecule has 0 radical (unpaired) electrons. The van der Waals surface area contributed by atoms with E-state index in [9.17, 15) is 4.79 Å². The molecule has 112 valence electrons. The van der Waals surface area contributed by atoms with Gasteiger partial charge in [0.05, 0.1) is 11.8 Å². The molecule has 0 unspecified atom stereocenters. The number of likely N-dealkylation sites (tertiary alicyclic amines) is 1. The fourth-order valence-corrected chi connectivity index (χ4v) is 2.96. The number of nitrogens with one attached hydrogen (secondary N) is 1. The lowest BCUT2D eigenvalue weighted by Gasteiger charge is -2.32. The predicted octanol–water partition coefficient (Wildman–Crippen LogP) is 1.72. The van der Waals surface area contributed by atoms with E-state index in [1.165, 1.54) is 0 Å². The first kappa shape index (κ1) is 13.9. The summed E-state index contributed by atoms with van der Waals surface area (Å²) in [5, 5.41) is 11.2. The van der Waals surface area contributed by atoms with Crippen molar-refractivity contribution >= 4 is 5.91 Å². The number of carbonyl (C=O) groups is 1. The number of aryl methyl sites for hydroxylation is 1. The number of hydrogen-bond acceptors (Lipinski definition) is 3. The molecule has 1 amide bonds. The molecule has 1 atom stereocenters. The van der Waals surface area contributed by atoms with Crippen LogP contribution in [0.5, 0.6) is 0 Å². The Bertz CT molecular complexity index is 589. The Labute approximate surface area is 124 Å². The Hall–Kier alpha value is -2.11. The predicted molar refractivity (Wildman–Crippen MR) is 78.8 cm³/mol. The summed E-state index contributed by atoms with van der Waals surface area (Å²) in [7, 11) is 0. The summed E-state index contributed by atoms with van der Waals surface area (Å²) in [6.07, 6.45) is 8.47. The number of amides is 1. The molecule has 1 aliphatic rings. The maximum absolute atomic E-state index is 12.5. The van der Waals surface area contributed by atoms with Crippen LogP contribution in [-0.4, -0.2) is 43.9 Å². The Morgan fingerprint density at radius 3 is 3.14 bits per heavy atom. The minimum absolute atomic E-state index is 0.101. The lowest BCUT2D eigenvalue weighted by Crippen LogP contribution is -2.40. The first-order chi connectivity index (χ1) is 10.3. The number of carbonyl (C=O) groups excluding carboxylic acids is 1. The molecular formula is C15H21N5O. The number of aromatic nitrogens is 4. The number of rotatable bonds is 4. The van der Waals surface area contributed by atoms with Crippen molar-refractivity contribution in [2.75, 3.05) is 13.1 Å². The molecule has 6 nitrogen and oxygen atoms in total. The third kappa shape index (κ3) is 3.15. The number of H-pyrrole nitrogens is 1. The molecule has 1 saturated heterocycles. The van der Waals surface area contributed by atoms with Gasteiger partial charge in [0.15, 0.2) is 0 Å². The molecular weight excluding hydrogens is 266 g/mol. The zero-order chi connectivity index (χ0) is 14.7. The van der Waals surface area contributed by atoms with E-state index in [1.807, 2.05) is 24.1 Å². The average molecular weight is 287 g/mol. The Kier molecular flexibility index (Phi) is 4.03. The van der Waals surface area contributed by atoms with Crippen molar-refractivity contribution in [3.05, 3.63) is 35.9 Å². The third-order valence-corrected chi connectivity index (χ3v) is 4.08. The second kappa shape index (κ2) is 6.11. The number of hydrogen-bond donors (Lipinski definition) is 1. The summed E-state index contributed by atoms with van der Waals surface area (Å²) in [6, 6.07) is 2.01. The highest BCUT2D eigenvalue weighted by atomic mass is 16.2. The summed E-state index contributed by atoms with van der Waals surface area (Å²) < 4.78 is 1.79. The van der Waals surface area contributed by atoms with Gasteiger partial charge in [0, 0.05) is 37.7 Å². The normalized spacial score (nSPS) is 18.9. The fraction of sp³-hybridized carbons (Fsp3) is 0.533. The van der Waals surface area contributed by atoms with Crippen LogP contribution in [0.4, 0.5) is 0 Å². The van der Waals surface area contributed by atoms with E-state index in [1.54, 1.807) is 17.1 Å². The maximum atomic E-state index is 12.5. The zero-order valence-electron chi connectivity index (χ0n) is 12.3. The van der Waals surface area contributed by atoms with E-state index < -0.39 is 0 Å². The van der Waals surface area contributed by atoms with E-state index in [0.717, 1.165) is 44.6 Å². The van der Waals surface area contributed by atoms with Crippen molar-refractivity contribution in [2.45, 2.75) is 32.7 Å². The summed E-state index contributed by atoms with van der Waals surface area (Å²) in [5.74, 6) is 0.605. The molecule has 3 heterocycles. The summed E-state index contributed by atoms with van der Waals surface area (Å²) in [4.78, 5) is 14.5. The SMILES string of the molecule is CCn1cc(C(=O)N2CCC[C@H](Cc3ccn[nH]3)C2)cn1. The lowest BCUT2D eigenvalue weighted by molar-refractivity contribution is 0.0672. The van der Waals surface area contributed by atoms with E-state index in [2.05, 4.69) is 15.3 Å². The van der Waals surface area contributed by atoms with E-state index in [0.29, 0.717) is 11.5 Å². The largest absolute Gasteiger partial charge is 0.338 e. The number of aromatic amines is 1. The van der Waals surface area contributed by atoms with Crippen LogP contribution in [0.3, 0.4) is 0 Å². The minimum atomic E-state index is 0.101. The molecule has 0 aliphatic carbocycles. The summed E-state index contributed by atoms with van der Waals surface area (Å²) in [6.45, 7) is 4.46. The van der Waals surface area contributed by atoms with Crippen molar-refractivity contribution in [1.82, 2.24) is 24.9 Å². The van der Waals surface area contributed by atoms with Crippen molar-refractivity contribution in [3.63, 3.8) is 0 Å². The van der Waals surface area contributed by atoms with E-state index in [4.69, 9.17) is 0 Å². The summed E-state index contributed by atoms with van der Waals surface area (Å²) in [5.41, 5.74) is 1.84. The fourth-order valence-electron chi connectivity index (χ4n) is 2.96. The molecule has 1 N–H and O–H groups in total. The minimum Gasteiger partial charge on any atom is -0.338 e. The molecule has 0 spiro atoms. The van der Waals surface area contributed by atoms with Gasteiger partial charge in [0.1, 0.15) is 0 Å². The van der Waals surface area contributed by atoms with Crippen molar-refractivity contribution in [2.24, 2.45) is 5.92 Å². The van der Waals surface area contributed by atoms with Crippen LogP contribution in [0.1, 0.15) is 35.8 Å². The van der Waals surface area contributed by atoms with Crippen LogP contribution in [0.25, 0.3) is 0 Å². The van der Waals surface area contributed by atoms with Gasteiger partial charge in [0.25, 0.3) is 5.91 Å². The van der Waals surface area contributed by atoms with Crippen LogP contribution in [0.2, 0.25) is 0 Å². The van der Waals surface area contributed by atoms with E-state index >= 15 is 0 Å². The molecule has 0 bridgehead atoms. The van der Waals surface area contributed by atoms with Gasteiger partial charge in [0.2, 0.25) is 0 Å². The van der Waals surface area contributed by atoms with Gasteiger partial charge in [-0.05, 0) is 38.2 Å². The maximum Gasteiger partial charge on any atom is 0.257 e. The lowest BCUT2D eigenvalue weighted by atomic mass is 9.93. The second-order valence-electron chi connectivity index (χ2n) is 5.63. The van der Waals surface area contributed by atoms with Crippen molar-refractivity contribution in [1.29, 1.82) is 0 Å². The summed E-state index contributed by atoms with van der Waals surface area (Å²) >= 11 is 0. The highest BCUT2D eigenvalue weighted by molar-refractivity contribution is 5.93. The molecule has 2 aromatic heterocycles. The average Bonchev–Trinajstić information content (AvgIpc) is 3.17. The monoisotopic (exact) mass is 287 g/mol. The van der Waals surface area contributed by atoms with Crippen molar-refractivity contribution in [3.8, 4) is 0 Å². The molecule has 1 aliphatic heterocycles. The first-order valence-corrected chi connectivity index (χ1v) is 7.56. The Morgan fingerprint density at radius 1 is 1.52 bits per heavy atom. The molecule has 2 aromatic rings. The first-order valence-electron chi connectivity index (χ1n) is 7.56. The van der Waals surface area contributed by atoms with Crippen LogP contribution >= 0.6 is 0 Å². The van der Waals surface area contributed by atoms with Crippen LogP contribution < -0.4 is 0 Å². The third-order valence-electron chi connectivity index (χ3n) is 4.08. The van der Waals surface area contributed by atoms with Gasteiger partial charge >= 0.3 is 0 Å². The molecule has 3 rings (SSSR count). The van der Waals surface area contributed by atoms with Gasteiger partial charge in [-0.2, -0.15) is 10.2 Å². The molecule has 21 heavy (non-hydrogen) atoms. The Morgan fingerprint density at radius 2 is 2.43 bits per heavy atom. The Balaban J connectivity index is 1.63. The highest BCUT2D eigenvalue weighted by Crippen LogP contribution is 2.21. The van der Waals surface area contributed by atoms with Crippen LogP contribution in [0.15, 0.2) is 24.7 Å². The quantitative estimate of drug-likeness (QED) is 0.931. The van der Waals surface area contributed by atoms with Gasteiger partial charge < -0.3 is 4.90 Å². The van der Waals surface area contributed by atoms with Gasteiger partial charge in [-0.15, -0.1) is 0 Å². The van der Waals surface area contributed by atoms with Gasteiger partial charge in [-0.25, -0.2) is 0 Å². The van der Waals surface area contributed by atoms with Gasteiger partial charge in [-0.1, -0.05) is 0 Å². The molecule has 1 fully saturated rings. The molecule has 0 saturated carbocycles. The number of piperidine rings is 1. The zero-order valence-corrected chi connectivity index (χ0v) is 12.3. The number of nitrogens with zero attached hydrogens (tertiary/aromatic N) is 4. The molecule has 6 heteroatoms. The van der Waals surface area contributed by atoms with Crippen molar-refractivity contribution < 1.29 is 4.79 Å². The smallest absolute Gasteiger partial charge is 0.257 e. The van der Waals surface area contributed by atoms with Crippen LogP contribution in [-0.2, 0) is 13.0 Å². The van der Waals surface area contributed by atoms with Crippen LogP contribution in [0, 0.1) is 5.92 Å². The van der Waals surface area contributed by atoms with E-state index in [-0.39, 0.29) is 5.91 Å². The second-order valence-corrected chi connectivity index (χ2v) is 5.63. The standard InChI is InChI=1S/C15H21N5O/c1-2-20-11-13(9-17-20)15(21)19-7-3-4-12(10-19)8-14-5-6-16-18-14/h5-6,9,11-12H,2-4,7-8,10H2,1H3,(H,16,18)/t12-/m1/s1. The topological polar surface area (TPSA) is 66.8 Å². The van der Waals surface area contributed by atoms with Gasteiger partial charge in [-0.3, -0.25) is 14.6 Å².